The van der Waals surface area contributed by atoms with Crippen molar-refractivity contribution in [2.24, 2.45) is 13.0 Å². The highest BCUT2D eigenvalue weighted by Crippen LogP contribution is 2.32. The molecule has 1 unspecified atom stereocenters. The summed E-state index contributed by atoms with van der Waals surface area (Å²) in [6.07, 6.45) is 1.21. The van der Waals surface area contributed by atoms with Crippen molar-refractivity contribution in [1.29, 1.82) is 0 Å². The van der Waals surface area contributed by atoms with Crippen LogP contribution in [0.5, 0.6) is 0 Å². The molecule has 0 spiro atoms. The highest BCUT2D eigenvalue weighted by molar-refractivity contribution is 7.99. The number of aryl methyl sites for hydroxylation is 1. The fraction of sp³-hybridized carbons (Fsp3) is 0.750. The van der Waals surface area contributed by atoms with Crippen LogP contribution >= 0.6 is 11.8 Å². The van der Waals surface area contributed by atoms with Gasteiger partial charge in [0.05, 0.1) is 11.4 Å². The second-order valence-electron chi connectivity index (χ2n) is 4.71. The molecule has 0 aromatic carbocycles. The van der Waals surface area contributed by atoms with Gasteiger partial charge in [0.2, 0.25) is 0 Å². The van der Waals surface area contributed by atoms with Gasteiger partial charge in [-0.25, -0.2) is 0 Å². The van der Waals surface area contributed by atoms with E-state index in [-0.39, 0.29) is 0 Å². The Hall–Kier alpha value is -0.640. The van der Waals surface area contributed by atoms with Gasteiger partial charge in [-0.05, 0) is 11.8 Å². The van der Waals surface area contributed by atoms with Crippen LogP contribution in [0.15, 0.2) is 5.03 Å². The number of nitrogens with two attached hydrogens (primary N) is 1. The number of anilines is 1. The maximum Gasteiger partial charge on any atom is 0.117 e. The predicted octanol–water partition coefficient (Wildman–Crippen LogP) is 3.26. The van der Waals surface area contributed by atoms with Gasteiger partial charge >= 0.3 is 0 Å². The Labute approximate surface area is 103 Å². The zero-order chi connectivity index (χ0) is 12.3. The van der Waals surface area contributed by atoms with Crippen LogP contribution in [0.4, 0.5) is 5.69 Å². The third kappa shape index (κ3) is 2.94. The molecule has 0 saturated heterocycles. The van der Waals surface area contributed by atoms with Crippen molar-refractivity contribution in [2.75, 3.05) is 11.5 Å². The normalized spacial score (nSPS) is 13.4. The third-order valence-corrected chi connectivity index (χ3v) is 4.30. The second kappa shape index (κ2) is 5.62. The van der Waals surface area contributed by atoms with Gasteiger partial charge in [0.15, 0.2) is 0 Å². The molecule has 0 bridgehead atoms. The summed E-state index contributed by atoms with van der Waals surface area (Å²) in [4.78, 5) is 0. The van der Waals surface area contributed by atoms with Crippen molar-refractivity contribution in [3.8, 4) is 0 Å². The Morgan fingerprint density at radius 3 is 2.44 bits per heavy atom. The molecule has 0 fully saturated rings. The summed E-state index contributed by atoms with van der Waals surface area (Å²) < 4.78 is 1.91. The van der Waals surface area contributed by atoms with Crippen LogP contribution in [0.25, 0.3) is 0 Å². The Kier molecular flexibility index (Phi) is 4.71. The highest BCUT2D eigenvalue weighted by Gasteiger charge is 2.16. The van der Waals surface area contributed by atoms with Crippen LogP contribution in [0, 0.1) is 5.92 Å². The van der Waals surface area contributed by atoms with E-state index in [0.29, 0.717) is 5.92 Å². The van der Waals surface area contributed by atoms with E-state index in [4.69, 9.17) is 5.73 Å². The summed E-state index contributed by atoms with van der Waals surface area (Å²) in [6, 6.07) is 0. The monoisotopic (exact) mass is 241 g/mol. The largest absolute Gasteiger partial charge is 0.395 e. The molecular formula is C12H23N3S. The summed E-state index contributed by atoms with van der Waals surface area (Å²) in [5, 5.41) is 5.60. The highest BCUT2D eigenvalue weighted by atomic mass is 32.2. The summed E-state index contributed by atoms with van der Waals surface area (Å²) in [5.74, 6) is 2.23. The molecule has 0 aliphatic rings. The van der Waals surface area contributed by atoms with E-state index in [2.05, 4.69) is 32.8 Å². The number of nitrogens with zero attached hydrogens (tertiary/aromatic N) is 2. The lowest BCUT2D eigenvalue weighted by molar-refractivity contribution is 0.632. The van der Waals surface area contributed by atoms with Crippen molar-refractivity contribution in [3.63, 3.8) is 0 Å². The van der Waals surface area contributed by atoms with Gasteiger partial charge in [0.1, 0.15) is 5.03 Å². The number of nitrogen functional groups attached to an aromatic ring is 1. The maximum atomic E-state index is 6.13. The van der Waals surface area contributed by atoms with Crippen LogP contribution in [0.2, 0.25) is 0 Å². The van der Waals surface area contributed by atoms with Crippen LogP contribution in [0.1, 0.15) is 45.7 Å². The van der Waals surface area contributed by atoms with Crippen LogP contribution < -0.4 is 5.73 Å². The van der Waals surface area contributed by atoms with E-state index in [0.717, 1.165) is 28.1 Å². The summed E-state index contributed by atoms with van der Waals surface area (Å²) in [5.41, 5.74) is 8.02. The first-order chi connectivity index (χ1) is 7.47. The first-order valence-electron chi connectivity index (χ1n) is 5.92. The standard InChI is InChI=1S/C12H23N3S/c1-6-9(4)7-16-12-10(13)11(8(2)3)14-15(12)5/h8-9H,6-7,13H2,1-5H3. The molecule has 1 heterocycles. The van der Waals surface area contributed by atoms with E-state index in [1.165, 1.54) is 6.42 Å². The van der Waals surface area contributed by atoms with Gasteiger partial charge in [0.25, 0.3) is 0 Å². The quantitative estimate of drug-likeness (QED) is 0.805. The molecule has 2 N–H and O–H groups in total. The molecule has 3 nitrogen and oxygen atoms in total. The molecule has 1 aromatic heterocycles. The average Bonchev–Trinajstić information content (AvgIpc) is 2.51. The van der Waals surface area contributed by atoms with Gasteiger partial charge in [0, 0.05) is 12.8 Å². The van der Waals surface area contributed by atoms with E-state index >= 15 is 0 Å². The molecule has 0 radical (unpaired) electrons. The van der Waals surface area contributed by atoms with E-state index in [9.17, 15) is 0 Å². The molecule has 16 heavy (non-hydrogen) atoms. The van der Waals surface area contributed by atoms with E-state index in [1.54, 1.807) is 0 Å². The molecule has 0 aliphatic heterocycles. The molecule has 1 atom stereocenters. The smallest absolute Gasteiger partial charge is 0.117 e. The fourth-order valence-electron chi connectivity index (χ4n) is 1.48. The minimum atomic E-state index is 0.393. The lowest BCUT2D eigenvalue weighted by atomic mass is 10.1. The van der Waals surface area contributed by atoms with Gasteiger partial charge in [-0.15, -0.1) is 11.8 Å². The van der Waals surface area contributed by atoms with Crippen molar-refractivity contribution in [3.05, 3.63) is 5.69 Å². The Morgan fingerprint density at radius 1 is 1.38 bits per heavy atom. The van der Waals surface area contributed by atoms with Crippen molar-refractivity contribution in [1.82, 2.24) is 9.78 Å². The Bertz CT molecular complexity index is 344. The second-order valence-corrected chi connectivity index (χ2v) is 5.72. The molecule has 0 aliphatic carbocycles. The molecule has 1 rings (SSSR count). The number of aromatic nitrogens is 2. The van der Waals surface area contributed by atoms with E-state index in [1.807, 2.05) is 23.5 Å². The molecule has 1 aromatic rings. The lowest BCUT2D eigenvalue weighted by Gasteiger charge is -2.08. The molecule has 0 saturated carbocycles. The van der Waals surface area contributed by atoms with Crippen LogP contribution in [0.3, 0.4) is 0 Å². The first kappa shape index (κ1) is 13.4. The Balaban J connectivity index is 2.80. The molecular weight excluding hydrogens is 218 g/mol. The lowest BCUT2D eigenvalue weighted by Crippen LogP contribution is -1.99. The van der Waals surface area contributed by atoms with Crippen LogP contribution in [-0.4, -0.2) is 15.5 Å². The number of hydrogen-bond acceptors (Lipinski definition) is 3. The Morgan fingerprint density at radius 2 is 2.00 bits per heavy atom. The van der Waals surface area contributed by atoms with Crippen molar-refractivity contribution >= 4 is 17.4 Å². The summed E-state index contributed by atoms with van der Waals surface area (Å²) >= 11 is 1.82. The third-order valence-electron chi connectivity index (χ3n) is 2.81. The van der Waals surface area contributed by atoms with Crippen LogP contribution in [-0.2, 0) is 7.05 Å². The first-order valence-corrected chi connectivity index (χ1v) is 6.91. The topological polar surface area (TPSA) is 43.8 Å². The number of hydrogen-bond donors (Lipinski definition) is 1. The predicted molar refractivity (Wildman–Crippen MR) is 71.9 cm³/mol. The molecule has 4 heteroatoms. The maximum absolute atomic E-state index is 6.13. The molecule has 92 valence electrons. The number of rotatable bonds is 5. The minimum Gasteiger partial charge on any atom is -0.395 e. The van der Waals surface area contributed by atoms with Crippen molar-refractivity contribution in [2.45, 2.75) is 45.1 Å². The van der Waals surface area contributed by atoms with Gasteiger partial charge in [-0.2, -0.15) is 5.10 Å². The zero-order valence-electron chi connectivity index (χ0n) is 10.9. The fourth-order valence-corrected chi connectivity index (χ4v) is 2.65. The van der Waals surface area contributed by atoms with Gasteiger partial charge < -0.3 is 5.73 Å². The minimum absolute atomic E-state index is 0.393. The SMILES string of the molecule is CCC(C)CSc1c(N)c(C(C)C)nn1C. The van der Waals surface area contributed by atoms with Crippen molar-refractivity contribution < 1.29 is 0 Å². The molecule has 0 amide bonds. The zero-order valence-corrected chi connectivity index (χ0v) is 11.8. The summed E-state index contributed by atoms with van der Waals surface area (Å²) in [7, 11) is 1.97. The van der Waals surface area contributed by atoms with Gasteiger partial charge in [-0.1, -0.05) is 34.1 Å². The number of thioether (sulfide) groups is 1. The summed E-state index contributed by atoms with van der Waals surface area (Å²) in [6.45, 7) is 8.74. The van der Waals surface area contributed by atoms with E-state index < -0.39 is 0 Å². The average molecular weight is 241 g/mol. The van der Waals surface area contributed by atoms with Gasteiger partial charge in [-0.3, -0.25) is 4.68 Å².